The number of nitrogen functional groups attached to an aromatic ring is 1. The highest BCUT2D eigenvalue weighted by molar-refractivity contribution is 7.99. The number of aromatic nitrogens is 2. The van der Waals surface area contributed by atoms with Crippen molar-refractivity contribution in [3.05, 3.63) is 42.2 Å². The summed E-state index contributed by atoms with van der Waals surface area (Å²) in [5.41, 5.74) is 9.03. The zero-order valence-corrected chi connectivity index (χ0v) is 10.6. The van der Waals surface area contributed by atoms with E-state index in [1.165, 1.54) is 11.8 Å². The predicted molar refractivity (Wildman–Crippen MR) is 71.5 cm³/mol. The van der Waals surface area contributed by atoms with Crippen LogP contribution in [0.15, 0.2) is 51.2 Å². The third kappa shape index (κ3) is 2.04. The molecule has 0 spiro atoms. The summed E-state index contributed by atoms with van der Waals surface area (Å²) in [5, 5.41) is 0.616. The number of anilines is 1. The van der Waals surface area contributed by atoms with Crippen molar-refractivity contribution in [2.24, 2.45) is 0 Å². The van der Waals surface area contributed by atoms with Crippen LogP contribution in [-0.2, 0) is 0 Å². The lowest BCUT2D eigenvalue weighted by molar-refractivity contribution is 0.489. The molecule has 5 heteroatoms. The van der Waals surface area contributed by atoms with E-state index in [4.69, 9.17) is 10.2 Å². The smallest absolute Gasteiger partial charge is 0.261 e. The summed E-state index contributed by atoms with van der Waals surface area (Å²) in [5.74, 6) is 0. The molecule has 2 heterocycles. The molecule has 0 amide bonds. The summed E-state index contributed by atoms with van der Waals surface area (Å²) in [4.78, 5) is 9.55. The van der Waals surface area contributed by atoms with Crippen LogP contribution in [0.4, 0.5) is 5.69 Å². The molecule has 1 aromatic carbocycles. The van der Waals surface area contributed by atoms with Crippen LogP contribution in [0.2, 0.25) is 0 Å². The molecule has 2 N–H and O–H groups in total. The van der Waals surface area contributed by atoms with E-state index in [0.717, 1.165) is 21.6 Å². The van der Waals surface area contributed by atoms with Gasteiger partial charge in [0.05, 0.1) is 0 Å². The van der Waals surface area contributed by atoms with Gasteiger partial charge in [0.25, 0.3) is 5.22 Å². The highest BCUT2D eigenvalue weighted by Crippen LogP contribution is 2.31. The maximum absolute atomic E-state index is 5.71. The van der Waals surface area contributed by atoms with Crippen molar-refractivity contribution in [2.45, 2.75) is 17.0 Å². The number of benzene rings is 1. The van der Waals surface area contributed by atoms with Gasteiger partial charge in [-0.15, -0.1) is 0 Å². The molecule has 0 bridgehead atoms. The van der Waals surface area contributed by atoms with Crippen LogP contribution in [0.25, 0.3) is 11.1 Å². The summed E-state index contributed by atoms with van der Waals surface area (Å²) >= 11 is 1.49. The Hall–Kier alpha value is -2.01. The number of nitrogens with two attached hydrogens (primary N) is 1. The molecule has 3 rings (SSSR count). The number of oxazole rings is 1. The van der Waals surface area contributed by atoms with E-state index >= 15 is 0 Å². The third-order valence-electron chi connectivity index (χ3n) is 2.56. The van der Waals surface area contributed by atoms with E-state index in [9.17, 15) is 0 Å². The summed E-state index contributed by atoms with van der Waals surface area (Å²) < 4.78 is 5.66. The van der Waals surface area contributed by atoms with Crippen LogP contribution in [0.5, 0.6) is 0 Å². The fourth-order valence-corrected chi connectivity index (χ4v) is 2.44. The molecule has 0 atom stereocenters. The summed E-state index contributed by atoms with van der Waals surface area (Å²) in [7, 11) is 0. The normalized spacial score (nSPS) is 10.9. The highest BCUT2D eigenvalue weighted by Gasteiger charge is 2.09. The van der Waals surface area contributed by atoms with Gasteiger partial charge in [0.1, 0.15) is 5.52 Å². The second-order valence-corrected chi connectivity index (χ2v) is 4.94. The molecular weight excluding hydrogens is 246 g/mol. The maximum atomic E-state index is 5.71. The van der Waals surface area contributed by atoms with E-state index in [0.29, 0.717) is 10.9 Å². The molecule has 0 aliphatic carbocycles. The SMILES string of the molecule is Cc1cnccc1Sc1nc2cc(N)ccc2o1. The van der Waals surface area contributed by atoms with Crippen molar-refractivity contribution in [3.63, 3.8) is 0 Å². The van der Waals surface area contributed by atoms with Gasteiger partial charge in [-0.25, -0.2) is 4.98 Å². The molecule has 0 radical (unpaired) electrons. The zero-order chi connectivity index (χ0) is 12.5. The van der Waals surface area contributed by atoms with Gasteiger partial charge in [0.2, 0.25) is 0 Å². The second-order valence-electron chi connectivity index (χ2n) is 3.95. The molecule has 90 valence electrons. The van der Waals surface area contributed by atoms with E-state index in [2.05, 4.69) is 9.97 Å². The standard InChI is InChI=1S/C13H11N3OS/c1-8-7-15-5-4-12(8)18-13-16-10-6-9(14)2-3-11(10)17-13/h2-7H,14H2,1H3. The minimum Gasteiger partial charge on any atom is -0.431 e. The monoisotopic (exact) mass is 257 g/mol. The number of pyridine rings is 1. The molecule has 4 nitrogen and oxygen atoms in total. The van der Waals surface area contributed by atoms with Gasteiger partial charge in [0, 0.05) is 23.0 Å². The van der Waals surface area contributed by atoms with Gasteiger partial charge in [-0.3, -0.25) is 4.98 Å². The number of nitrogens with zero attached hydrogens (tertiary/aromatic N) is 2. The number of fused-ring (bicyclic) bond motifs is 1. The van der Waals surface area contributed by atoms with Gasteiger partial charge >= 0.3 is 0 Å². The number of hydrogen-bond donors (Lipinski definition) is 1. The minimum absolute atomic E-state index is 0.616. The fourth-order valence-electron chi connectivity index (χ4n) is 1.64. The Morgan fingerprint density at radius 3 is 3.00 bits per heavy atom. The molecule has 0 aliphatic heterocycles. The Balaban J connectivity index is 1.98. The molecule has 18 heavy (non-hydrogen) atoms. The largest absolute Gasteiger partial charge is 0.431 e. The molecule has 2 aromatic heterocycles. The molecule has 0 saturated carbocycles. The van der Waals surface area contributed by atoms with Crippen LogP contribution >= 0.6 is 11.8 Å². The summed E-state index contributed by atoms with van der Waals surface area (Å²) in [6.45, 7) is 2.01. The first kappa shape index (κ1) is 11.1. The van der Waals surface area contributed by atoms with Crippen molar-refractivity contribution < 1.29 is 4.42 Å². The lowest BCUT2D eigenvalue weighted by atomic mass is 10.3. The fraction of sp³-hybridized carbons (Fsp3) is 0.0769. The van der Waals surface area contributed by atoms with Crippen molar-refractivity contribution >= 4 is 28.5 Å². The van der Waals surface area contributed by atoms with Crippen molar-refractivity contribution in [1.29, 1.82) is 0 Å². The Kier molecular flexibility index (Phi) is 2.68. The summed E-state index contributed by atoms with van der Waals surface area (Å²) in [6.07, 6.45) is 3.58. The first-order chi connectivity index (χ1) is 8.72. The third-order valence-corrected chi connectivity index (χ3v) is 3.59. The van der Waals surface area contributed by atoms with Crippen LogP contribution in [0, 0.1) is 6.92 Å². The number of aryl methyl sites for hydroxylation is 1. The van der Waals surface area contributed by atoms with Gasteiger partial charge in [-0.2, -0.15) is 0 Å². The Morgan fingerprint density at radius 2 is 2.17 bits per heavy atom. The van der Waals surface area contributed by atoms with E-state index < -0.39 is 0 Å². The number of rotatable bonds is 2. The van der Waals surface area contributed by atoms with Crippen molar-refractivity contribution in [1.82, 2.24) is 9.97 Å². The highest BCUT2D eigenvalue weighted by atomic mass is 32.2. The minimum atomic E-state index is 0.616. The van der Waals surface area contributed by atoms with E-state index in [-0.39, 0.29) is 0 Å². The first-order valence-electron chi connectivity index (χ1n) is 5.47. The summed E-state index contributed by atoms with van der Waals surface area (Å²) in [6, 6.07) is 7.40. The quantitative estimate of drug-likeness (QED) is 0.714. The average Bonchev–Trinajstić information content (AvgIpc) is 2.73. The Bertz CT molecular complexity index is 708. The molecule has 3 aromatic rings. The lowest BCUT2D eigenvalue weighted by Gasteiger charge is -1.99. The van der Waals surface area contributed by atoms with E-state index in [1.807, 2.05) is 31.3 Å². The average molecular weight is 257 g/mol. The van der Waals surface area contributed by atoms with Gasteiger partial charge < -0.3 is 10.2 Å². The molecule has 0 unspecified atom stereocenters. The van der Waals surface area contributed by atoms with Gasteiger partial charge in [-0.1, -0.05) is 0 Å². The molecule has 0 fully saturated rings. The zero-order valence-electron chi connectivity index (χ0n) is 9.75. The van der Waals surface area contributed by atoms with Crippen LogP contribution in [-0.4, -0.2) is 9.97 Å². The lowest BCUT2D eigenvalue weighted by Crippen LogP contribution is -1.82. The molecule has 0 aliphatic rings. The second kappa shape index (κ2) is 4.34. The van der Waals surface area contributed by atoms with Crippen molar-refractivity contribution in [2.75, 3.05) is 5.73 Å². The van der Waals surface area contributed by atoms with Crippen LogP contribution in [0.3, 0.4) is 0 Å². The predicted octanol–water partition coefficient (Wildman–Crippen LogP) is 3.26. The Labute approximate surface area is 108 Å². The van der Waals surface area contributed by atoms with Crippen LogP contribution < -0.4 is 5.73 Å². The molecule has 0 saturated heterocycles. The Morgan fingerprint density at radius 1 is 1.28 bits per heavy atom. The van der Waals surface area contributed by atoms with Crippen LogP contribution in [0.1, 0.15) is 5.56 Å². The number of hydrogen-bond acceptors (Lipinski definition) is 5. The van der Waals surface area contributed by atoms with Gasteiger partial charge in [-0.05, 0) is 48.5 Å². The maximum Gasteiger partial charge on any atom is 0.261 e. The van der Waals surface area contributed by atoms with Crippen molar-refractivity contribution in [3.8, 4) is 0 Å². The molecular formula is C13H11N3OS. The van der Waals surface area contributed by atoms with E-state index in [1.54, 1.807) is 12.3 Å². The van der Waals surface area contributed by atoms with Gasteiger partial charge in [0.15, 0.2) is 5.58 Å². The topological polar surface area (TPSA) is 64.9 Å². The first-order valence-corrected chi connectivity index (χ1v) is 6.28.